The minimum atomic E-state index is -1.01. The summed E-state index contributed by atoms with van der Waals surface area (Å²) in [7, 11) is 0. The monoisotopic (exact) mass is 349 g/mol. The molecular formula is C20H16FN3O2. The number of carboxylic acid groups (broad SMARTS) is 1. The van der Waals surface area contributed by atoms with E-state index >= 15 is 0 Å². The van der Waals surface area contributed by atoms with Gasteiger partial charge in [0.05, 0.1) is 16.6 Å². The van der Waals surface area contributed by atoms with E-state index in [0.29, 0.717) is 22.5 Å². The van der Waals surface area contributed by atoms with Gasteiger partial charge in [-0.1, -0.05) is 6.58 Å². The summed E-state index contributed by atoms with van der Waals surface area (Å²) in [6.07, 6.45) is 1.84. The summed E-state index contributed by atoms with van der Waals surface area (Å²) >= 11 is 0. The van der Waals surface area contributed by atoms with Crippen molar-refractivity contribution in [2.45, 2.75) is 12.8 Å². The van der Waals surface area contributed by atoms with E-state index in [1.54, 1.807) is 18.2 Å². The zero-order chi connectivity index (χ0) is 18.3. The fourth-order valence-corrected chi connectivity index (χ4v) is 3.16. The highest BCUT2D eigenvalue weighted by atomic mass is 19.1. The largest absolute Gasteiger partial charge is 0.478 e. The fourth-order valence-electron chi connectivity index (χ4n) is 3.16. The predicted molar refractivity (Wildman–Crippen MR) is 97.6 cm³/mol. The molecule has 1 fully saturated rings. The molecule has 0 amide bonds. The molecule has 0 saturated carbocycles. The van der Waals surface area contributed by atoms with E-state index in [9.17, 15) is 14.3 Å². The van der Waals surface area contributed by atoms with E-state index < -0.39 is 5.97 Å². The highest BCUT2D eigenvalue weighted by Gasteiger charge is 2.23. The first-order chi connectivity index (χ1) is 12.5. The lowest BCUT2D eigenvalue weighted by molar-refractivity contribution is 0.0697. The van der Waals surface area contributed by atoms with Crippen LogP contribution in [0.15, 0.2) is 54.7 Å². The standard InChI is InChI=1S/C20H16FN3O2/c1-12-3-2-10-24(12)19-18(13-4-7-15(21)8-5-13)22-16-9-6-14(20(25)26)11-17(16)23-19/h4-9,11H,1-3,10H2,(H,25,26). The highest BCUT2D eigenvalue weighted by molar-refractivity contribution is 5.93. The van der Waals surface area contributed by atoms with Crippen LogP contribution in [0.2, 0.25) is 0 Å². The summed E-state index contributed by atoms with van der Waals surface area (Å²) < 4.78 is 13.3. The zero-order valence-corrected chi connectivity index (χ0v) is 13.9. The van der Waals surface area contributed by atoms with Gasteiger partial charge in [-0.05, 0) is 55.3 Å². The van der Waals surface area contributed by atoms with Crippen LogP contribution in [-0.2, 0) is 0 Å². The Labute approximate surface area is 149 Å². The Bertz CT molecular complexity index is 1030. The minimum absolute atomic E-state index is 0.160. The Kier molecular flexibility index (Phi) is 3.88. The van der Waals surface area contributed by atoms with Gasteiger partial charge in [-0.15, -0.1) is 0 Å². The number of hydrogen-bond donors (Lipinski definition) is 1. The highest BCUT2D eigenvalue weighted by Crippen LogP contribution is 2.35. The average Bonchev–Trinajstić information content (AvgIpc) is 3.06. The van der Waals surface area contributed by atoms with Gasteiger partial charge in [-0.3, -0.25) is 0 Å². The van der Waals surface area contributed by atoms with Gasteiger partial charge in [0, 0.05) is 17.8 Å². The number of aromatic nitrogens is 2. The Morgan fingerprint density at radius 1 is 1.12 bits per heavy atom. The Morgan fingerprint density at radius 3 is 2.54 bits per heavy atom. The van der Waals surface area contributed by atoms with Crippen molar-refractivity contribution in [3.05, 3.63) is 66.1 Å². The lowest BCUT2D eigenvalue weighted by atomic mass is 10.1. The molecule has 1 aliphatic rings. The number of carbonyl (C=O) groups is 1. The average molecular weight is 349 g/mol. The van der Waals surface area contributed by atoms with E-state index in [-0.39, 0.29) is 11.4 Å². The van der Waals surface area contributed by atoms with Gasteiger partial charge in [0.15, 0.2) is 5.82 Å². The molecule has 0 aliphatic carbocycles. The molecule has 1 saturated heterocycles. The van der Waals surface area contributed by atoms with Crippen molar-refractivity contribution in [2.24, 2.45) is 0 Å². The van der Waals surface area contributed by atoms with Crippen LogP contribution in [0.4, 0.5) is 10.2 Å². The summed E-state index contributed by atoms with van der Waals surface area (Å²) in [5.41, 5.74) is 3.57. The molecule has 1 aliphatic heterocycles. The number of benzene rings is 2. The number of rotatable bonds is 3. The molecule has 2 aromatic carbocycles. The normalized spacial score (nSPS) is 14.2. The quantitative estimate of drug-likeness (QED) is 0.766. The van der Waals surface area contributed by atoms with Crippen molar-refractivity contribution >= 4 is 22.8 Å². The first-order valence-electron chi connectivity index (χ1n) is 8.29. The second-order valence-electron chi connectivity index (χ2n) is 6.23. The Balaban J connectivity index is 1.95. The lowest BCUT2D eigenvalue weighted by Gasteiger charge is -2.21. The van der Waals surface area contributed by atoms with Gasteiger partial charge >= 0.3 is 5.97 Å². The molecule has 4 rings (SSSR count). The van der Waals surface area contributed by atoms with Crippen molar-refractivity contribution in [1.29, 1.82) is 0 Å². The number of halogens is 1. The molecule has 0 bridgehead atoms. The van der Waals surface area contributed by atoms with E-state index in [4.69, 9.17) is 9.97 Å². The van der Waals surface area contributed by atoms with Crippen LogP contribution in [0, 0.1) is 5.82 Å². The number of nitrogens with zero attached hydrogens (tertiary/aromatic N) is 3. The number of fused-ring (bicyclic) bond motifs is 1. The van der Waals surface area contributed by atoms with Crippen LogP contribution in [0.25, 0.3) is 22.3 Å². The third kappa shape index (κ3) is 2.79. The third-order valence-electron chi connectivity index (χ3n) is 4.49. The first kappa shape index (κ1) is 16.2. The van der Waals surface area contributed by atoms with E-state index in [0.717, 1.165) is 30.6 Å². The van der Waals surface area contributed by atoms with Gasteiger partial charge in [-0.2, -0.15) is 0 Å². The molecule has 1 aromatic heterocycles. The van der Waals surface area contributed by atoms with Crippen molar-refractivity contribution in [3.8, 4) is 11.3 Å². The molecule has 130 valence electrons. The topological polar surface area (TPSA) is 66.3 Å². The van der Waals surface area contributed by atoms with Crippen molar-refractivity contribution < 1.29 is 14.3 Å². The minimum Gasteiger partial charge on any atom is -0.478 e. The van der Waals surface area contributed by atoms with Gasteiger partial charge in [0.1, 0.15) is 11.5 Å². The molecule has 0 spiro atoms. The maximum atomic E-state index is 13.3. The van der Waals surface area contributed by atoms with Gasteiger partial charge in [0.25, 0.3) is 0 Å². The van der Waals surface area contributed by atoms with Crippen LogP contribution < -0.4 is 4.90 Å². The van der Waals surface area contributed by atoms with E-state index in [1.165, 1.54) is 24.3 Å². The Hall–Kier alpha value is -3.28. The molecule has 26 heavy (non-hydrogen) atoms. The molecule has 0 unspecified atom stereocenters. The summed E-state index contributed by atoms with van der Waals surface area (Å²) in [6, 6.07) is 10.8. The third-order valence-corrected chi connectivity index (χ3v) is 4.49. The molecule has 5 nitrogen and oxygen atoms in total. The van der Waals surface area contributed by atoms with Crippen molar-refractivity contribution in [3.63, 3.8) is 0 Å². The second-order valence-corrected chi connectivity index (χ2v) is 6.23. The van der Waals surface area contributed by atoms with Crippen LogP contribution in [-0.4, -0.2) is 27.6 Å². The smallest absolute Gasteiger partial charge is 0.335 e. The molecule has 6 heteroatoms. The van der Waals surface area contributed by atoms with E-state index in [1.807, 2.05) is 4.90 Å². The van der Waals surface area contributed by atoms with Gasteiger partial charge in [-0.25, -0.2) is 19.2 Å². The summed E-state index contributed by atoms with van der Waals surface area (Å²) in [6.45, 7) is 4.86. The van der Waals surface area contributed by atoms with Crippen molar-refractivity contribution in [1.82, 2.24) is 9.97 Å². The predicted octanol–water partition coefficient (Wildman–Crippen LogP) is 4.25. The van der Waals surface area contributed by atoms with Gasteiger partial charge < -0.3 is 10.0 Å². The van der Waals surface area contributed by atoms with Crippen LogP contribution >= 0.6 is 0 Å². The molecule has 3 aromatic rings. The molecule has 2 heterocycles. The first-order valence-corrected chi connectivity index (χ1v) is 8.29. The number of allylic oxidation sites excluding steroid dienone is 1. The number of carboxylic acids is 1. The molecular weight excluding hydrogens is 333 g/mol. The fraction of sp³-hybridized carbons (Fsp3) is 0.150. The maximum absolute atomic E-state index is 13.3. The number of hydrogen-bond acceptors (Lipinski definition) is 4. The van der Waals surface area contributed by atoms with Gasteiger partial charge in [0.2, 0.25) is 0 Å². The summed E-state index contributed by atoms with van der Waals surface area (Å²) in [4.78, 5) is 22.6. The van der Waals surface area contributed by atoms with Crippen LogP contribution in [0.3, 0.4) is 0 Å². The Morgan fingerprint density at radius 2 is 1.88 bits per heavy atom. The zero-order valence-electron chi connectivity index (χ0n) is 13.9. The summed E-state index contributed by atoms with van der Waals surface area (Å²) in [5, 5.41) is 9.22. The second kappa shape index (κ2) is 6.22. The van der Waals surface area contributed by atoms with Crippen molar-refractivity contribution in [2.75, 3.05) is 11.4 Å². The van der Waals surface area contributed by atoms with Crippen LogP contribution in [0.1, 0.15) is 23.2 Å². The number of aromatic carboxylic acids is 1. The van der Waals surface area contributed by atoms with E-state index in [2.05, 4.69) is 6.58 Å². The SMILES string of the molecule is C=C1CCCN1c1nc2cc(C(=O)O)ccc2nc1-c1ccc(F)cc1. The molecule has 0 atom stereocenters. The summed E-state index contributed by atoms with van der Waals surface area (Å²) in [5.74, 6) is -0.710. The number of anilines is 1. The van der Waals surface area contributed by atoms with Crippen LogP contribution in [0.5, 0.6) is 0 Å². The maximum Gasteiger partial charge on any atom is 0.335 e. The molecule has 1 N–H and O–H groups in total. The molecule has 0 radical (unpaired) electrons. The lowest BCUT2D eigenvalue weighted by Crippen LogP contribution is -2.18.